The number of hydrogen-bond donors (Lipinski definition) is 2. The Labute approximate surface area is 143 Å². The van der Waals surface area contributed by atoms with Crippen molar-refractivity contribution < 1.29 is 4.79 Å². The SMILES string of the molecule is Cc1nc(NC2CCCCC2)sc1C(=O)NC1CCC(C)CC1. The summed E-state index contributed by atoms with van der Waals surface area (Å²) in [6, 6.07) is 0.875. The fourth-order valence-electron chi connectivity index (χ4n) is 3.75. The molecular weight excluding hydrogens is 306 g/mol. The number of hydrogen-bond acceptors (Lipinski definition) is 4. The van der Waals surface area contributed by atoms with Crippen LogP contribution in [0.25, 0.3) is 0 Å². The zero-order valence-electron chi connectivity index (χ0n) is 14.4. The summed E-state index contributed by atoms with van der Waals surface area (Å²) < 4.78 is 0. The van der Waals surface area contributed by atoms with Gasteiger partial charge >= 0.3 is 0 Å². The molecule has 2 saturated carbocycles. The molecule has 1 heterocycles. The van der Waals surface area contributed by atoms with Crippen molar-refractivity contribution in [2.24, 2.45) is 5.92 Å². The van der Waals surface area contributed by atoms with Gasteiger partial charge in [0.25, 0.3) is 5.91 Å². The number of nitrogens with zero attached hydrogens (tertiary/aromatic N) is 1. The van der Waals surface area contributed by atoms with Gasteiger partial charge in [0.15, 0.2) is 5.13 Å². The molecule has 4 nitrogen and oxygen atoms in total. The lowest BCUT2D eigenvalue weighted by molar-refractivity contribution is 0.0926. The Kier molecular flexibility index (Phi) is 5.57. The first kappa shape index (κ1) is 16.7. The number of carbonyl (C=O) groups is 1. The van der Waals surface area contributed by atoms with E-state index in [1.807, 2.05) is 6.92 Å². The quantitative estimate of drug-likeness (QED) is 0.851. The van der Waals surface area contributed by atoms with Gasteiger partial charge in [-0.25, -0.2) is 4.98 Å². The van der Waals surface area contributed by atoms with Crippen molar-refractivity contribution in [2.75, 3.05) is 5.32 Å². The molecule has 0 saturated heterocycles. The number of nitrogens with one attached hydrogen (secondary N) is 2. The number of aryl methyl sites for hydroxylation is 1. The van der Waals surface area contributed by atoms with E-state index in [1.165, 1.54) is 56.3 Å². The molecule has 2 N–H and O–H groups in total. The third kappa shape index (κ3) is 4.46. The van der Waals surface area contributed by atoms with Crippen LogP contribution in [0, 0.1) is 12.8 Å². The van der Waals surface area contributed by atoms with E-state index in [0.717, 1.165) is 34.5 Å². The van der Waals surface area contributed by atoms with Gasteiger partial charge in [-0.15, -0.1) is 0 Å². The van der Waals surface area contributed by atoms with Crippen molar-refractivity contribution in [3.05, 3.63) is 10.6 Å². The second-order valence-corrected chi connectivity index (χ2v) is 8.34. The van der Waals surface area contributed by atoms with Gasteiger partial charge in [-0.05, 0) is 51.4 Å². The Morgan fingerprint density at radius 3 is 2.43 bits per heavy atom. The Morgan fingerprint density at radius 1 is 1.04 bits per heavy atom. The van der Waals surface area contributed by atoms with Gasteiger partial charge in [0, 0.05) is 12.1 Å². The average molecular weight is 336 g/mol. The average Bonchev–Trinajstić information content (AvgIpc) is 2.91. The predicted octanol–water partition coefficient (Wildman–Crippen LogP) is 4.50. The van der Waals surface area contributed by atoms with Crippen molar-refractivity contribution in [3.63, 3.8) is 0 Å². The summed E-state index contributed by atoms with van der Waals surface area (Å²) in [7, 11) is 0. The molecule has 2 aliphatic carbocycles. The minimum Gasteiger partial charge on any atom is -0.359 e. The molecule has 1 amide bonds. The highest BCUT2D eigenvalue weighted by molar-refractivity contribution is 7.17. The molecule has 23 heavy (non-hydrogen) atoms. The van der Waals surface area contributed by atoms with Crippen LogP contribution in [0.4, 0.5) is 5.13 Å². The summed E-state index contributed by atoms with van der Waals surface area (Å²) in [6.45, 7) is 4.25. The van der Waals surface area contributed by atoms with Gasteiger partial charge < -0.3 is 10.6 Å². The molecule has 1 aromatic rings. The normalized spacial score (nSPS) is 26.0. The predicted molar refractivity (Wildman–Crippen MR) is 96.2 cm³/mol. The maximum atomic E-state index is 12.6. The van der Waals surface area contributed by atoms with Gasteiger partial charge in [-0.3, -0.25) is 4.79 Å². The second-order valence-electron chi connectivity index (χ2n) is 7.34. The van der Waals surface area contributed by atoms with Gasteiger partial charge in [0.1, 0.15) is 4.88 Å². The minimum atomic E-state index is 0.0660. The summed E-state index contributed by atoms with van der Waals surface area (Å²) >= 11 is 1.52. The number of anilines is 1. The van der Waals surface area contributed by atoms with Crippen LogP contribution >= 0.6 is 11.3 Å². The number of carbonyl (C=O) groups excluding carboxylic acids is 1. The van der Waals surface area contributed by atoms with E-state index < -0.39 is 0 Å². The maximum Gasteiger partial charge on any atom is 0.263 e. The second kappa shape index (κ2) is 7.65. The van der Waals surface area contributed by atoms with Gasteiger partial charge in [-0.1, -0.05) is 37.5 Å². The molecule has 0 spiro atoms. The highest BCUT2D eigenvalue weighted by Gasteiger charge is 2.23. The molecule has 3 rings (SSSR count). The van der Waals surface area contributed by atoms with Crippen LogP contribution in [0.15, 0.2) is 0 Å². The van der Waals surface area contributed by atoms with E-state index in [9.17, 15) is 4.79 Å². The van der Waals surface area contributed by atoms with Crippen molar-refractivity contribution >= 4 is 22.4 Å². The lowest BCUT2D eigenvalue weighted by Crippen LogP contribution is -2.37. The maximum absolute atomic E-state index is 12.6. The largest absolute Gasteiger partial charge is 0.359 e. The number of amides is 1. The zero-order valence-corrected chi connectivity index (χ0v) is 15.2. The third-order valence-corrected chi connectivity index (χ3v) is 6.37. The molecule has 5 heteroatoms. The summed E-state index contributed by atoms with van der Waals surface area (Å²) in [5.74, 6) is 0.871. The molecular formula is C18H29N3OS. The van der Waals surface area contributed by atoms with Crippen molar-refractivity contribution in [1.29, 1.82) is 0 Å². The Bertz CT molecular complexity index is 528. The van der Waals surface area contributed by atoms with E-state index in [2.05, 4.69) is 22.5 Å². The molecule has 0 atom stereocenters. The lowest BCUT2D eigenvalue weighted by atomic mass is 9.87. The highest BCUT2D eigenvalue weighted by atomic mass is 32.1. The molecule has 128 valence electrons. The number of aromatic nitrogens is 1. The first-order chi connectivity index (χ1) is 11.1. The van der Waals surface area contributed by atoms with Gasteiger partial charge in [-0.2, -0.15) is 0 Å². The fourth-order valence-corrected chi connectivity index (χ4v) is 4.69. The minimum absolute atomic E-state index is 0.0660. The van der Waals surface area contributed by atoms with E-state index >= 15 is 0 Å². The van der Waals surface area contributed by atoms with E-state index in [1.54, 1.807) is 0 Å². The van der Waals surface area contributed by atoms with Crippen LogP contribution in [0.3, 0.4) is 0 Å². The number of rotatable bonds is 4. The molecule has 0 aliphatic heterocycles. The van der Waals surface area contributed by atoms with Crippen LogP contribution in [-0.4, -0.2) is 23.0 Å². The third-order valence-electron chi connectivity index (χ3n) is 5.29. The molecule has 0 bridgehead atoms. The van der Waals surface area contributed by atoms with E-state index in [0.29, 0.717) is 12.1 Å². The Hall–Kier alpha value is -1.10. The lowest BCUT2D eigenvalue weighted by Gasteiger charge is -2.26. The zero-order chi connectivity index (χ0) is 16.2. The van der Waals surface area contributed by atoms with E-state index in [4.69, 9.17) is 0 Å². The first-order valence-corrected chi connectivity index (χ1v) is 9.98. The van der Waals surface area contributed by atoms with Crippen LogP contribution in [0.5, 0.6) is 0 Å². The van der Waals surface area contributed by atoms with E-state index in [-0.39, 0.29) is 5.91 Å². The summed E-state index contributed by atoms with van der Waals surface area (Å²) in [5, 5.41) is 7.66. The standard InChI is InChI=1S/C18H29N3OS/c1-12-8-10-15(11-9-12)20-17(22)16-13(2)19-18(23-16)21-14-6-4-3-5-7-14/h12,14-15H,3-11H2,1-2H3,(H,19,21)(H,20,22). The summed E-state index contributed by atoms with van der Waals surface area (Å²) in [4.78, 5) is 17.9. The van der Waals surface area contributed by atoms with Crippen LogP contribution in [0.2, 0.25) is 0 Å². The molecule has 0 aromatic carbocycles. The van der Waals surface area contributed by atoms with Gasteiger partial charge in [0.05, 0.1) is 5.69 Å². The summed E-state index contributed by atoms with van der Waals surface area (Å²) in [6.07, 6.45) is 11.1. The highest BCUT2D eigenvalue weighted by Crippen LogP contribution is 2.28. The van der Waals surface area contributed by atoms with Crippen molar-refractivity contribution in [3.8, 4) is 0 Å². The molecule has 2 aliphatic rings. The smallest absolute Gasteiger partial charge is 0.263 e. The Balaban J connectivity index is 1.57. The molecule has 1 aromatic heterocycles. The van der Waals surface area contributed by atoms with Gasteiger partial charge in [0.2, 0.25) is 0 Å². The molecule has 0 unspecified atom stereocenters. The Morgan fingerprint density at radius 2 is 1.74 bits per heavy atom. The number of thiazole rings is 1. The fraction of sp³-hybridized carbons (Fsp3) is 0.778. The van der Waals surface area contributed by atoms with Crippen molar-refractivity contribution in [1.82, 2.24) is 10.3 Å². The molecule has 0 radical (unpaired) electrons. The topological polar surface area (TPSA) is 54.0 Å². The molecule has 2 fully saturated rings. The summed E-state index contributed by atoms with van der Waals surface area (Å²) in [5.41, 5.74) is 0.856. The van der Waals surface area contributed by atoms with Crippen molar-refractivity contribution in [2.45, 2.75) is 83.7 Å². The van der Waals surface area contributed by atoms with Crippen LogP contribution in [0.1, 0.15) is 80.1 Å². The monoisotopic (exact) mass is 335 g/mol. The van der Waals surface area contributed by atoms with Crippen LogP contribution < -0.4 is 10.6 Å². The van der Waals surface area contributed by atoms with Crippen LogP contribution in [-0.2, 0) is 0 Å². The first-order valence-electron chi connectivity index (χ1n) is 9.16.